The van der Waals surface area contributed by atoms with E-state index in [0.29, 0.717) is 11.8 Å². The van der Waals surface area contributed by atoms with E-state index >= 15 is 0 Å². The zero-order valence-electron chi connectivity index (χ0n) is 15.0. The Morgan fingerprint density at radius 2 is 2.20 bits per heavy atom. The van der Waals surface area contributed by atoms with Crippen molar-refractivity contribution in [3.05, 3.63) is 36.2 Å². The van der Waals surface area contributed by atoms with E-state index in [-0.39, 0.29) is 11.3 Å². The molecule has 0 spiro atoms. The summed E-state index contributed by atoms with van der Waals surface area (Å²) in [5.41, 5.74) is 2.26. The first-order valence-electron chi connectivity index (χ1n) is 9.41. The summed E-state index contributed by atoms with van der Waals surface area (Å²) in [5, 5.41) is 6.85. The highest BCUT2D eigenvalue weighted by molar-refractivity contribution is 5.88. The van der Waals surface area contributed by atoms with Gasteiger partial charge in [-0.15, -0.1) is 0 Å². The molecule has 1 aliphatic heterocycles. The molecule has 5 nitrogen and oxygen atoms in total. The zero-order valence-corrected chi connectivity index (χ0v) is 15.0. The van der Waals surface area contributed by atoms with Gasteiger partial charge in [0, 0.05) is 24.1 Å². The summed E-state index contributed by atoms with van der Waals surface area (Å²) in [6.45, 7) is 6.31. The lowest BCUT2D eigenvalue weighted by molar-refractivity contribution is -0.130. The van der Waals surface area contributed by atoms with Gasteiger partial charge in [-0.25, -0.2) is 4.98 Å². The maximum Gasteiger partial charge on any atom is 0.226 e. The highest BCUT2D eigenvalue weighted by Crippen LogP contribution is 2.64. The van der Waals surface area contributed by atoms with Crippen LogP contribution in [0.25, 0.3) is 11.4 Å². The topological polar surface area (TPSA) is 61.9 Å². The maximum atomic E-state index is 12.8. The van der Waals surface area contributed by atoms with E-state index in [2.05, 4.69) is 52.1 Å². The molecule has 0 bridgehead atoms. The van der Waals surface area contributed by atoms with Gasteiger partial charge in [0.1, 0.15) is 6.33 Å². The molecule has 1 saturated carbocycles. The van der Waals surface area contributed by atoms with E-state index in [1.807, 2.05) is 6.07 Å². The van der Waals surface area contributed by atoms with Crippen LogP contribution >= 0.6 is 0 Å². The molecule has 1 N–H and O–H groups in total. The minimum atomic E-state index is -0.0208. The second kappa shape index (κ2) is 6.28. The van der Waals surface area contributed by atoms with Gasteiger partial charge in [0.2, 0.25) is 5.91 Å². The molecule has 4 rings (SSSR count). The average molecular weight is 338 g/mol. The Balaban J connectivity index is 1.46. The molecule has 3 unspecified atom stereocenters. The van der Waals surface area contributed by atoms with Crippen molar-refractivity contribution in [1.82, 2.24) is 20.1 Å². The van der Waals surface area contributed by atoms with Crippen molar-refractivity contribution in [2.24, 2.45) is 11.8 Å². The standard InChI is InChI=1S/C20H26N4O/c1-3-4-5-6-10-24-12-16-17(19(24)25)20(16,2)15-9-7-8-14(11-15)18-21-13-22-23-18/h7-9,11,13,16-17H,3-6,10,12H2,1-2H3,(H,21,22,23). The summed E-state index contributed by atoms with van der Waals surface area (Å²) in [6.07, 6.45) is 6.39. The van der Waals surface area contributed by atoms with Crippen LogP contribution in [0.4, 0.5) is 0 Å². The number of carbonyl (C=O) groups excluding carboxylic acids is 1. The molecule has 5 heteroatoms. The molecule has 2 fully saturated rings. The van der Waals surface area contributed by atoms with Crippen LogP contribution in [0.1, 0.15) is 45.1 Å². The number of likely N-dealkylation sites (tertiary alicyclic amines) is 1. The van der Waals surface area contributed by atoms with Crippen molar-refractivity contribution in [2.75, 3.05) is 13.1 Å². The number of aromatic nitrogens is 3. The molecule has 1 aromatic carbocycles. The van der Waals surface area contributed by atoms with Crippen molar-refractivity contribution in [3.8, 4) is 11.4 Å². The first-order chi connectivity index (χ1) is 12.2. The van der Waals surface area contributed by atoms with Gasteiger partial charge in [-0.1, -0.05) is 51.3 Å². The summed E-state index contributed by atoms with van der Waals surface area (Å²) in [4.78, 5) is 19.1. The van der Waals surface area contributed by atoms with Gasteiger partial charge in [-0.2, -0.15) is 5.10 Å². The Kier molecular flexibility index (Phi) is 4.10. The van der Waals surface area contributed by atoms with Gasteiger partial charge in [0.15, 0.2) is 5.82 Å². The molecule has 2 aliphatic rings. The van der Waals surface area contributed by atoms with E-state index < -0.39 is 0 Å². The average Bonchev–Trinajstić information content (AvgIpc) is 3.02. The Labute approximate surface area is 148 Å². The predicted octanol–water partition coefficient (Wildman–Crippen LogP) is 3.40. The number of fused-ring (bicyclic) bond motifs is 1. The van der Waals surface area contributed by atoms with Crippen LogP contribution in [0.2, 0.25) is 0 Å². The molecule has 3 atom stereocenters. The van der Waals surface area contributed by atoms with Gasteiger partial charge in [-0.05, 0) is 24.0 Å². The van der Waals surface area contributed by atoms with E-state index in [9.17, 15) is 4.79 Å². The normalized spacial score (nSPS) is 27.6. The van der Waals surface area contributed by atoms with Gasteiger partial charge in [0.25, 0.3) is 0 Å². The van der Waals surface area contributed by atoms with Crippen LogP contribution in [0.5, 0.6) is 0 Å². The van der Waals surface area contributed by atoms with Crippen LogP contribution < -0.4 is 0 Å². The van der Waals surface area contributed by atoms with Crippen molar-refractivity contribution in [3.63, 3.8) is 0 Å². The van der Waals surface area contributed by atoms with Crippen molar-refractivity contribution < 1.29 is 4.79 Å². The van der Waals surface area contributed by atoms with Crippen LogP contribution in [-0.2, 0) is 10.2 Å². The monoisotopic (exact) mass is 338 g/mol. The summed E-state index contributed by atoms with van der Waals surface area (Å²) in [6, 6.07) is 8.40. The minimum Gasteiger partial charge on any atom is -0.342 e. The van der Waals surface area contributed by atoms with Gasteiger partial charge >= 0.3 is 0 Å². The number of H-pyrrole nitrogens is 1. The van der Waals surface area contributed by atoms with Gasteiger partial charge in [-0.3, -0.25) is 9.89 Å². The van der Waals surface area contributed by atoms with Gasteiger partial charge < -0.3 is 4.90 Å². The second-order valence-corrected chi connectivity index (χ2v) is 7.63. The SMILES string of the molecule is CCCCCCN1CC2C(C1=O)C2(C)c1cccc(-c2ncn[nH]2)c1. The molecule has 2 heterocycles. The third-order valence-electron chi connectivity index (χ3n) is 6.16. The molecular weight excluding hydrogens is 312 g/mol. The molecule has 1 saturated heterocycles. The number of hydrogen-bond acceptors (Lipinski definition) is 3. The largest absolute Gasteiger partial charge is 0.342 e. The number of aromatic amines is 1. The van der Waals surface area contributed by atoms with Crippen molar-refractivity contribution in [2.45, 2.75) is 44.9 Å². The molecular formula is C20H26N4O. The number of unbranched alkanes of at least 4 members (excludes halogenated alkanes) is 3. The summed E-state index contributed by atoms with van der Waals surface area (Å²) in [5.74, 6) is 1.74. The predicted molar refractivity (Wildman–Crippen MR) is 96.9 cm³/mol. The van der Waals surface area contributed by atoms with Crippen LogP contribution in [0.15, 0.2) is 30.6 Å². The Hall–Kier alpha value is -2.17. The molecule has 25 heavy (non-hydrogen) atoms. The number of amides is 1. The van der Waals surface area contributed by atoms with Crippen molar-refractivity contribution >= 4 is 5.91 Å². The lowest BCUT2D eigenvalue weighted by atomic mass is 9.90. The fraction of sp³-hybridized carbons (Fsp3) is 0.550. The smallest absolute Gasteiger partial charge is 0.226 e. The summed E-state index contributed by atoms with van der Waals surface area (Å²) >= 11 is 0. The van der Waals surface area contributed by atoms with E-state index in [0.717, 1.165) is 30.9 Å². The van der Waals surface area contributed by atoms with E-state index in [4.69, 9.17) is 0 Å². The highest BCUT2D eigenvalue weighted by atomic mass is 16.2. The lowest BCUT2D eigenvalue weighted by Gasteiger charge is -2.24. The quantitative estimate of drug-likeness (QED) is 0.787. The number of carbonyl (C=O) groups is 1. The number of nitrogens with one attached hydrogen (secondary N) is 1. The molecule has 132 valence electrons. The number of nitrogens with zero attached hydrogens (tertiary/aromatic N) is 3. The molecule has 0 radical (unpaired) electrons. The fourth-order valence-electron chi connectivity index (χ4n) is 4.52. The summed E-state index contributed by atoms with van der Waals surface area (Å²) in [7, 11) is 0. The number of hydrogen-bond donors (Lipinski definition) is 1. The number of rotatable bonds is 7. The van der Waals surface area contributed by atoms with E-state index in [1.54, 1.807) is 0 Å². The Morgan fingerprint density at radius 1 is 1.32 bits per heavy atom. The minimum absolute atomic E-state index is 0.0208. The maximum absolute atomic E-state index is 12.8. The second-order valence-electron chi connectivity index (χ2n) is 7.63. The summed E-state index contributed by atoms with van der Waals surface area (Å²) < 4.78 is 0. The Bertz CT molecular complexity index is 757. The third-order valence-corrected chi connectivity index (χ3v) is 6.16. The molecule has 1 aromatic heterocycles. The van der Waals surface area contributed by atoms with Crippen molar-refractivity contribution in [1.29, 1.82) is 0 Å². The molecule has 1 aliphatic carbocycles. The number of benzene rings is 1. The van der Waals surface area contributed by atoms with E-state index in [1.165, 1.54) is 31.2 Å². The van der Waals surface area contributed by atoms with Gasteiger partial charge in [0.05, 0.1) is 5.92 Å². The zero-order chi connectivity index (χ0) is 17.4. The Morgan fingerprint density at radius 3 is 2.88 bits per heavy atom. The first-order valence-corrected chi connectivity index (χ1v) is 9.41. The van der Waals surface area contributed by atoms with Crippen LogP contribution in [0.3, 0.4) is 0 Å². The van der Waals surface area contributed by atoms with Crippen LogP contribution in [-0.4, -0.2) is 39.1 Å². The molecule has 2 aromatic rings. The third kappa shape index (κ3) is 2.66. The number of piperidine rings is 1. The highest BCUT2D eigenvalue weighted by Gasteiger charge is 2.70. The molecule has 1 amide bonds. The first kappa shape index (κ1) is 16.3. The fourth-order valence-corrected chi connectivity index (χ4v) is 4.52. The lowest BCUT2D eigenvalue weighted by Crippen LogP contribution is -2.34. The van der Waals surface area contributed by atoms with Crippen LogP contribution in [0, 0.1) is 11.8 Å².